The molecule has 10 heteroatoms. The van der Waals surface area contributed by atoms with Crippen LogP contribution in [0, 0.1) is 16.0 Å². The summed E-state index contributed by atoms with van der Waals surface area (Å²) in [6.07, 6.45) is 4.85. The number of rotatable bonds is 8. The van der Waals surface area contributed by atoms with Gasteiger partial charge in [-0.1, -0.05) is 30.3 Å². The third-order valence-electron chi connectivity index (χ3n) is 5.07. The highest BCUT2D eigenvalue weighted by atomic mass is 16.6. The van der Waals surface area contributed by atoms with Gasteiger partial charge in [0, 0.05) is 12.6 Å². The Hall–Kier alpha value is -3.27. The predicted octanol–water partition coefficient (Wildman–Crippen LogP) is 2.55. The van der Waals surface area contributed by atoms with Crippen molar-refractivity contribution in [3.63, 3.8) is 0 Å². The molecule has 1 heterocycles. The van der Waals surface area contributed by atoms with Gasteiger partial charge in [0.15, 0.2) is 6.04 Å². The van der Waals surface area contributed by atoms with E-state index in [4.69, 9.17) is 5.73 Å². The molecule has 0 aliphatic heterocycles. The smallest absolute Gasteiger partial charge is 0.330 e. The number of hydrogen-bond donors (Lipinski definition) is 4. The minimum atomic E-state index is -1.11. The van der Waals surface area contributed by atoms with E-state index in [1.54, 1.807) is 30.3 Å². The number of nitrogens with zero attached hydrogens (tertiary/aromatic N) is 3. The number of nitro groups is 1. The number of aromatic nitrogens is 2. The molecule has 0 radical (unpaired) electrons. The van der Waals surface area contributed by atoms with Crippen LogP contribution in [-0.4, -0.2) is 38.6 Å². The predicted molar refractivity (Wildman–Crippen MR) is 108 cm³/mol. The average molecular weight is 400 g/mol. The Morgan fingerprint density at radius 1 is 1.28 bits per heavy atom. The van der Waals surface area contributed by atoms with E-state index < -0.39 is 16.9 Å². The molecular formula is C19H24N6O4. The van der Waals surface area contributed by atoms with Gasteiger partial charge >= 0.3 is 11.7 Å². The Morgan fingerprint density at radius 3 is 2.59 bits per heavy atom. The van der Waals surface area contributed by atoms with E-state index in [0.29, 0.717) is 18.0 Å². The van der Waals surface area contributed by atoms with Gasteiger partial charge in [-0.25, -0.2) is 9.78 Å². The first-order valence-corrected chi connectivity index (χ1v) is 9.49. The number of aliphatic carboxylic acids is 1. The van der Waals surface area contributed by atoms with Crippen molar-refractivity contribution in [1.82, 2.24) is 9.97 Å². The second-order valence-corrected chi connectivity index (χ2v) is 7.17. The number of anilines is 2. The molecule has 1 aromatic carbocycles. The molecule has 5 N–H and O–H groups in total. The molecule has 2 aromatic rings. The standard InChI is InChI=1S/C19H24N6O4/c20-14-8-6-12(7-9-14)10-21-17-15(25(28)29)11-22-19(24-17)23-16(18(26)27)13-4-2-1-3-5-13/h1-5,11-12,14,16H,6-10,20H2,(H,26,27)(H2,21,22,23,24)/t12-,14-,16-/m0/s1. The van der Waals surface area contributed by atoms with E-state index in [9.17, 15) is 20.0 Å². The van der Waals surface area contributed by atoms with Gasteiger partial charge in [-0.2, -0.15) is 4.98 Å². The van der Waals surface area contributed by atoms with Crippen LogP contribution in [0.5, 0.6) is 0 Å². The molecule has 1 atom stereocenters. The Bertz CT molecular complexity index is 855. The van der Waals surface area contributed by atoms with E-state index in [-0.39, 0.29) is 23.5 Å². The summed E-state index contributed by atoms with van der Waals surface area (Å²) in [5.41, 5.74) is 6.19. The maximum atomic E-state index is 11.7. The van der Waals surface area contributed by atoms with Crippen LogP contribution >= 0.6 is 0 Å². The van der Waals surface area contributed by atoms with Crippen molar-refractivity contribution in [2.45, 2.75) is 37.8 Å². The van der Waals surface area contributed by atoms with Crippen LogP contribution in [0.4, 0.5) is 17.5 Å². The number of carbonyl (C=O) groups is 1. The first-order valence-electron chi connectivity index (χ1n) is 9.49. The van der Waals surface area contributed by atoms with Crippen LogP contribution in [0.3, 0.4) is 0 Å². The number of nitrogens with two attached hydrogens (primary N) is 1. The van der Waals surface area contributed by atoms with E-state index in [0.717, 1.165) is 31.9 Å². The monoisotopic (exact) mass is 400 g/mol. The van der Waals surface area contributed by atoms with Crippen molar-refractivity contribution in [2.75, 3.05) is 17.2 Å². The zero-order valence-electron chi connectivity index (χ0n) is 15.8. The number of carboxylic acid groups (broad SMARTS) is 1. The maximum Gasteiger partial charge on any atom is 0.330 e. The molecule has 1 aliphatic rings. The fraction of sp³-hybridized carbons (Fsp3) is 0.421. The summed E-state index contributed by atoms with van der Waals surface area (Å²) >= 11 is 0. The van der Waals surface area contributed by atoms with Gasteiger partial charge in [0.2, 0.25) is 11.8 Å². The van der Waals surface area contributed by atoms with Crippen molar-refractivity contribution in [3.8, 4) is 0 Å². The SMILES string of the molecule is N[C@H]1CC[C@H](CNc2nc(N[C@H](C(=O)O)c3ccccc3)ncc2[N+](=O)[O-])CC1. The number of carboxylic acids is 1. The molecule has 0 saturated heterocycles. The van der Waals surface area contributed by atoms with Crippen molar-refractivity contribution < 1.29 is 14.8 Å². The minimum Gasteiger partial charge on any atom is -0.479 e. The molecule has 1 aromatic heterocycles. The molecule has 3 rings (SSSR count). The van der Waals surface area contributed by atoms with E-state index >= 15 is 0 Å². The number of benzene rings is 1. The molecule has 1 fully saturated rings. The van der Waals surface area contributed by atoms with Crippen LogP contribution in [0.25, 0.3) is 0 Å². The highest BCUT2D eigenvalue weighted by molar-refractivity contribution is 5.78. The number of nitrogens with one attached hydrogen (secondary N) is 2. The normalized spacial score (nSPS) is 19.9. The van der Waals surface area contributed by atoms with Gasteiger partial charge in [-0.3, -0.25) is 10.1 Å². The average Bonchev–Trinajstić information content (AvgIpc) is 2.72. The molecule has 0 bridgehead atoms. The summed E-state index contributed by atoms with van der Waals surface area (Å²) in [6, 6.07) is 7.73. The molecule has 0 unspecified atom stereocenters. The topological polar surface area (TPSA) is 156 Å². The number of hydrogen-bond acceptors (Lipinski definition) is 8. The Kier molecular flexibility index (Phi) is 6.55. The summed E-state index contributed by atoms with van der Waals surface area (Å²) in [5, 5.41) is 26.7. The molecule has 1 aliphatic carbocycles. The second-order valence-electron chi connectivity index (χ2n) is 7.17. The highest BCUT2D eigenvalue weighted by Crippen LogP contribution is 2.27. The maximum absolute atomic E-state index is 11.7. The summed E-state index contributed by atoms with van der Waals surface area (Å²) in [6.45, 7) is 0.533. The Labute approximate surface area is 167 Å². The molecule has 154 valence electrons. The van der Waals surface area contributed by atoms with Gasteiger partial charge in [-0.05, 0) is 37.2 Å². The molecular weight excluding hydrogens is 376 g/mol. The molecule has 10 nitrogen and oxygen atoms in total. The largest absolute Gasteiger partial charge is 0.479 e. The molecule has 1 saturated carbocycles. The van der Waals surface area contributed by atoms with Gasteiger partial charge in [0.25, 0.3) is 0 Å². The van der Waals surface area contributed by atoms with E-state index in [1.165, 1.54) is 0 Å². The molecule has 29 heavy (non-hydrogen) atoms. The van der Waals surface area contributed by atoms with Gasteiger partial charge in [0.1, 0.15) is 6.20 Å². The zero-order valence-corrected chi connectivity index (χ0v) is 15.8. The minimum absolute atomic E-state index is 0.0000180. The third kappa shape index (κ3) is 5.38. The van der Waals surface area contributed by atoms with Crippen LogP contribution in [0.1, 0.15) is 37.3 Å². The van der Waals surface area contributed by atoms with Gasteiger partial charge < -0.3 is 21.5 Å². The van der Waals surface area contributed by atoms with Crippen molar-refractivity contribution in [3.05, 3.63) is 52.2 Å². The summed E-state index contributed by atoms with van der Waals surface area (Å²) < 4.78 is 0. The fourth-order valence-corrected chi connectivity index (χ4v) is 3.40. The zero-order chi connectivity index (χ0) is 20.8. The first-order chi connectivity index (χ1) is 13.9. The van der Waals surface area contributed by atoms with Crippen molar-refractivity contribution in [2.24, 2.45) is 11.7 Å². The summed E-state index contributed by atoms with van der Waals surface area (Å²) in [7, 11) is 0. The molecule has 0 spiro atoms. The van der Waals surface area contributed by atoms with Crippen LogP contribution in [0.2, 0.25) is 0 Å². The van der Waals surface area contributed by atoms with E-state index in [1.807, 2.05) is 0 Å². The van der Waals surface area contributed by atoms with Crippen LogP contribution < -0.4 is 16.4 Å². The van der Waals surface area contributed by atoms with Gasteiger partial charge in [-0.15, -0.1) is 0 Å². The molecule has 0 amide bonds. The van der Waals surface area contributed by atoms with Crippen LogP contribution in [-0.2, 0) is 4.79 Å². The lowest BCUT2D eigenvalue weighted by Crippen LogP contribution is -2.29. The Balaban J connectivity index is 1.76. The fourth-order valence-electron chi connectivity index (χ4n) is 3.40. The lowest BCUT2D eigenvalue weighted by atomic mass is 9.86. The Morgan fingerprint density at radius 2 is 1.97 bits per heavy atom. The lowest BCUT2D eigenvalue weighted by molar-refractivity contribution is -0.384. The lowest BCUT2D eigenvalue weighted by Gasteiger charge is -2.26. The van der Waals surface area contributed by atoms with Crippen molar-refractivity contribution in [1.29, 1.82) is 0 Å². The van der Waals surface area contributed by atoms with Gasteiger partial charge in [0.05, 0.1) is 4.92 Å². The third-order valence-corrected chi connectivity index (χ3v) is 5.07. The second kappa shape index (κ2) is 9.28. The van der Waals surface area contributed by atoms with E-state index in [2.05, 4.69) is 20.6 Å². The summed E-state index contributed by atoms with van der Waals surface area (Å²) in [5.74, 6) is -0.678. The highest BCUT2D eigenvalue weighted by Gasteiger charge is 2.24. The first kappa shape index (κ1) is 20.5. The van der Waals surface area contributed by atoms with Crippen LogP contribution in [0.15, 0.2) is 36.5 Å². The quantitative estimate of drug-likeness (QED) is 0.386. The van der Waals surface area contributed by atoms with Crippen molar-refractivity contribution >= 4 is 23.4 Å². The summed E-state index contributed by atoms with van der Waals surface area (Å²) in [4.78, 5) is 30.6.